The molecule has 5 atom stereocenters. The molecule has 0 saturated carbocycles. The average molecular weight is 419 g/mol. The van der Waals surface area contributed by atoms with Gasteiger partial charge in [-0.3, -0.25) is 24.0 Å². The van der Waals surface area contributed by atoms with Crippen molar-refractivity contribution in [2.45, 2.75) is 57.0 Å². The Morgan fingerprint density at radius 2 is 1.34 bits per heavy atom. The van der Waals surface area contributed by atoms with Gasteiger partial charge in [0.1, 0.15) is 18.1 Å². The first kappa shape index (κ1) is 25.7. The van der Waals surface area contributed by atoms with Crippen LogP contribution in [0.1, 0.15) is 26.7 Å². The van der Waals surface area contributed by atoms with Gasteiger partial charge < -0.3 is 42.7 Å². The summed E-state index contributed by atoms with van der Waals surface area (Å²) in [4.78, 5) is 69.2. The van der Waals surface area contributed by atoms with Crippen LogP contribution in [0.2, 0.25) is 0 Å². The molecule has 0 aliphatic heterocycles. The molecule has 14 heteroatoms. The van der Waals surface area contributed by atoms with Crippen LogP contribution in [0.25, 0.3) is 0 Å². The molecule has 0 spiro atoms. The molecule has 0 aliphatic rings. The van der Waals surface area contributed by atoms with Crippen molar-refractivity contribution in [1.82, 2.24) is 16.0 Å². The second kappa shape index (κ2) is 11.6. The standard InChI is InChI=1S/C15H25N5O9/c1-5(16)12(25)18-7(4-10(23)24)13(26)20-11(6(2)21)14(27)19-8(15(28)29)3-9(17)22/h5-8,11,21H,3-4,16H2,1-2H3,(H2,17,22)(H,18,25)(H,19,27)(H,20,26)(H,23,24)(H,28,29). The number of aliphatic hydroxyl groups excluding tert-OH is 1. The second-order valence-electron chi connectivity index (χ2n) is 6.24. The summed E-state index contributed by atoms with van der Waals surface area (Å²) in [6.07, 6.45) is -3.14. The van der Waals surface area contributed by atoms with E-state index in [0.717, 1.165) is 6.92 Å². The molecule has 29 heavy (non-hydrogen) atoms. The summed E-state index contributed by atoms with van der Waals surface area (Å²) >= 11 is 0. The van der Waals surface area contributed by atoms with Gasteiger partial charge in [0, 0.05) is 0 Å². The SMILES string of the molecule is CC(N)C(=O)NC(CC(=O)O)C(=O)NC(C(=O)NC(CC(N)=O)C(=O)O)C(C)O. The van der Waals surface area contributed by atoms with Crippen LogP contribution in [-0.4, -0.2) is 81.2 Å². The number of hydrogen-bond donors (Lipinski definition) is 8. The zero-order valence-electron chi connectivity index (χ0n) is 15.7. The van der Waals surface area contributed by atoms with Gasteiger partial charge >= 0.3 is 11.9 Å². The van der Waals surface area contributed by atoms with Crippen molar-refractivity contribution in [3.8, 4) is 0 Å². The summed E-state index contributed by atoms with van der Waals surface area (Å²) in [5.74, 6) is -7.19. The normalized spacial score (nSPS) is 15.7. The van der Waals surface area contributed by atoms with Gasteiger partial charge in [-0.2, -0.15) is 0 Å². The summed E-state index contributed by atoms with van der Waals surface area (Å²) in [5, 5.41) is 33.7. The van der Waals surface area contributed by atoms with E-state index in [1.165, 1.54) is 6.92 Å². The fourth-order valence-electron chi connectivity index (χ4n) is 2.01. The van der Waals surface area contributed by atoms with Crippen LogP contribution in [0.4, 0.5) is 0 Å². The number of amides is 4. The quantitative estimate of drug-likeness (QED) is 0.151. The van der Waals surface area contributed by atoms with E-state index in [1.807, 2.05) is 10.6 Å². The third kappa shape index (κ3) is 9.48. The molecule has 0 rings (SSSR count). The molecular weight excluding hydrogens is 394 g/mol. The minimum atomic E-state index is -1.72. The molecule has 0 aliphatic carbocycles. The lowest BCUT2D eigenvalue weighted by molar-refractivity contribution is -0.145. The monoisotopic (exact) mass is 419 g/mol. The zero-order valence-corrected chi connectivity index (χ0v) is 15.7. The summed E-state index contributed by atoms with van der Waals surface area (Å²) in [6, 6.07) is -6.12. The number of aliphatic hydroxyl groups is 1. The van der Waals surface area contributed by atoms with E-state index in [1.54, 1.807) is 0 Å². The predicted molar refractivity (Wildman–Crippen MR) is 94.8 cm³/mol. The van der Waals surface area contributed by atoms with Gasteiger partial charge in [0.05, 0.1) is 25.0 Å². The third-order valence-corrected chi connectivity index (χ3v) is 3.51. The van der Waals surface area contributed by atoms with Gasteiger partial charge in [0.15, 0.2) is 0 Å². The Bertz CT molecular complexity index is 665. The number of rotatable bonds is 12. The smallest absolute Gasteiger partial charge is 0.326 e. The predicted octanol–water partition coefficient (Wildman–Crippen LogP) is -4.40. The van der Waals surface area contributed by atoms with Gasteiger partial charge in [-0.1, -0.05) is 0 Å². The van der Waals surface area contributed by atoms with Gasteiger partial charge in [-0.15, -0.1) is 0 Å². The van der Waals surface area contributed by atoms with Crippen LogP contribution in [0, 0.1) is 0 Å². The molecule has 0 fully saturated rings. The number of nitrogens with one attached hydrogen (secondary N) is 3. The van der Waals surface area contributed by atoms with Crippen molar-refractivity contribution in [2.75, 3.05) is 0 Å². The summed E-state index contributed by atoms with van der Waals surface area (Å²) in [7, 11) is 0. The Morgan fingerprint density at radius 3 is 1.72 bits per heavy atom. The summed E-state index contributed by atoms with van der Waals surface area (Å²) in [6.45, 7) is 2.39. The number of carboxylic acids is 2. The van der Waals surface area contributed by atoms with Crippen LogP contribution in [0.15, 0.2) is 0 Å². The Hall–Kier alpha value is -3.26. The average Bonchev–Trinajstić information content (AvgIpc) is 2.56. The highest BCUT2D eigenvalue weighted by atomic mass is 16.4. The van der Waals surface area contributed by atoms with Crippen LogP contribution >= 0.6 is 0 Å². The van der Waals surface area contributed by atoms with Crippen LogP contribution in [-0.2, 0) is 28.8 Å². The third-order valence-electron chi connectivity index (χ3n) is 3.51. The highest BCUT2D eigenvalue weighted by Gasteiger charge is 2.33. The Labute approximate surface area is 165 Å². The molecule has 4 amide bonds. The first-order valence-electron chi connectivity index (χ1n) is 8.33. The van der Waals surface area contributed by atoms with Gasteiger partial charge in [0.2, 0.25) is 23.6 Å². The lowest BCUT2D eigenvalue weighted by Gasteiger charge is -2.25. The molecule has 0 radical (unpaired) electrons. The first-order valence-corrected chi connectivity index (χ1v) is 8.33. The van der Waals surface area contributed by atoms with E-state index in [0.29, 0.717) is 0 Å². The highest BCUT2D eigenvalue weighted by molar-refractivity contribution is 5.96. The number of carbonyl (C=O) groups is 6. The Kier molecular flexibility index (Phi) is 10.3. The summed E-state index contributed by atoms with van der Waals surface area (Å²) in [5.41, 5.74) is 10.2. The molecule has 0 heterocycles. The van der Waals surface area contributed by atoms with Crippen molar-refractivity contribution in [2.24, 2.45) is 11.5 Å². The highest BCUT2D eigenvalue weighted by Crippen LogP contribution is 2.01. The van der Waals surface area contributed by atoms with Crippen molar-refractivity contribution >= 4 is 35.6 Å². The van der Waals surface area contributed by atoms with Crippen molar-refractivity contribution in [3.63, 3.8) is 0 Å². The topological polar surface area (TPSA) is 251 Å². The van der Waals surface area contributed by atoms with Crippen LogP contribution in [0.3, 0.4) is 0 Å². The molecule has 10 N–H and O–H groups in total. The first-order chi connectivity index (χ1) is 13.3. The number of primary amides is 1. The van der Waals surface area contributed by atoms with Crippen molar-refractivity contribution in [1.29, 1.82) is 0 Å². The molecule has 0 aromatic heterocycles. The maximum absolute atomic E-state index is 12.3. The fourth-order valence-corrected chi connectivity index (χ4v) is 2.01. The molecule has 0 saturated heterocycles. The van der Waals surface area contributed by atoms with E-state index in [2.05, 4.69) is 5.32 Å². The number of carboxylic acid groups (broad SMARTS) is 2. The van der Waals surface area contributed by atoms with Crippen molar-refractivity contribution in [3.05, 3.63) is 0 Å². The molecule has 14 nitrogen and oxygen atoms in total. The zero-order chi connectivity index (χ0) is 22.9. The lowest BCUT2D eigenvalue weighted by atomic mass is 10.1. The fraction of sp³-hybridized carbons (Fsp3) is 0.600. The van der Waals surface area contributed by atoms with Gasteiger partial charge in [-0.05, 0) is 13.8 Å². The largest absolute Gasteiger partial charge is 0.481 e. The number of aliphatic carboxylic acids is 2. The van der Waals surface area contributed by atoms with Crippen LogP contribution < -0.4 is 27.4 Å². The molecular formula is C15H25N5O9. The van der Waals surface area contributed by atoms with E-state index >= 15 is 0 Å². The Balaban J connectivity index is 5.39. The van der Waals surface area contributed by atoms with Crippen molar-refractivity contribution < 1.29 is 44.1 Å². The van der Waals surface area contributed by atoms with E-state index in [9.17, 15) is 33.9 Å². The van der Waals surface area contributed by atoms with E-state index in [-0.39, 0.29) is 0 Å². The molecule has 0 aromatic rings. The van der Waals surface area contributed by atoms with Crippen LogP contribution in [0.5, 0.6) is 0 Å². The maximum Gasteiger partial charge on any atom is 0.326 e. The molecule has 164 valence electrons. The number of hydrogen-bond acceptors (Lipinski definition) is 8. The molecule has 0 bridgehead atoms. The summed E-state index contributed by atoms with van der Waals surface area (Å²) < 4.78 is 0. The van der Waals surface area contributed by atoms with E-state index < -0.39 is 78.7 Å². The molecule has 0 aromatic carbocycles. The second-order valence-corrected chi connectivity index (χ2v) is 6.24. The van der Waals surface area contributed by atoms with E-state index in [4.69, 9.17) is 21.7 Å². The minimum absolute atomic E-state index is 0.742. The maximum atomic E-state index is 12.3. The lowest BCUT2D eigenvalue weighted by Crippen LogP contribution is -2.60. The van der Waals surface area contributed by atoms with Gasteiger partial charge in [-0.25, -0.2) is 4.79 Å². The Morgan fingerprint density at radius 1 is 0.828 bits per heavy atom. The number of nitrogens with two attached hydrogens (primary N) is 2. The molecule has 5 unspecified atom stereocenters. The minimum Gasteiger partial charge on any atom is -0.481 e. The van der Waals surface area contributed by atoms with Gasteiger partial charge in [0.25, 0.3) is 0 Å². The number of carbonyl (C=O) groups excluding carboxylic acids is 4.